The summed E-state index contributed by atoms with van der Waals surface area (Å²) in [6.07, 6.45) is 3.89. The Morgan fingerprint density at radius 3 is 2.68 bits per heavy atom. The maximum Gasteiger partial charge on any atom is 0.410 e. The van der Waals surface area contributed by atoms with Crippen LogP contribution in [0.5, 0.6) is 0 Å². The largest absolute Gasteiger partial charge is 0.444 e. The Morgan fingerprint density at radius 2 is 2.09 bits per heavy atom. The minimum Gasteiger partial charge on any atom is -0.444 e. The smallest absolute Gasteiger partial charge is 0.410 e. The number of hydrogen-bond donors (Lipinski definition) is 2. The molecule has 0 aromatic carbocycles. The molecule has 1 aliphatic rings. The van der Waals surface area contributed by atoms with Crippen LogP contribution in [0.1, 0.15) is 59.8 Å². The van der Waals surface area contributed by atoms with Crippen LogP contribution in [-0.2, 0) is 9.53 Å². The maximum absolute atomic E-state index is 12.2. The van der Waals surface area contributed by atoms with Crippen molar-refractivity contribution in [1.82, 2.24) is 10.2 Å². The highest BCUT2D eigenvalue weighted by atomic mass is 16.6. The van der Waals surface area contributed by atoms with Gasteiger partial charge in [0.2, 0.25) is 5.91 Å². The molecule has 0 radical (unpaired) electrons. The molecule has 2 atom stereocenters. The lowest BCUT2D eigenvalue weighted by atomic mass is 10.1. The predicted molar refractivity (Wildman–Crippen MR) is 86.5 cm³/mol. The Morgan fingerprint density at radius 1 is 1.41 bits per heavy atom. The summed E-state index contributed by atoms with van der Waals surface area (Å²) in [7, 11) is 0. The second-order valence-corrected chi connectivity index (χ2v) is 7.13. The third kappa shape index (κ3) is 7.11. The molecule has 0 saturated carbocycles. The number of ether oxygens (including phenoxy) is 1. The van der Waals surface area contributed by atoms with Gasteiger partial charge in [0.25, 0.3) is 0 Å². The van der Waals surface area contributed by atoms with E-state index in [4.69, 9.17) is 10.5 Å². The normalized spacial score (nSPS) is 20.0. The third-order valence-corrected chi connectivity index (χ3v) is 3.72. The summed E-state index contributed by atoms with van der Waals surface area (Å²) >= 11 is 0. The SMILES string of the molecule is CC(CC1CCCN1C(=O)OC(C)(C)C)NCCCC(N)=O. The van der Waals surface area contributed by atoms with Crippen LogP contribution in [0.15, 0.2) is 0 Å². The Labute approximate surface area is 133 Å². The van der Waals surface area contributed by atoms with Crippen LogP contribution in [0, 0.1) is 0 Å². The van der Waals surface area contributed by atoms with Gasteiger partial charge in [0.05, 0.1) is 0 Å². The molecule has 6 heteroatoms. The number of rotatable bonds is 7. The first kappa shape index (κ1) is 18.7. The summed E-state index contributed by atoms with van der Waals surface area (Å²) in [5.74, 6) is -0.263. The molecule has 0 aromatic heterocycles. The van der Waals surface area contributed by atoms with E-state index in [0.29, 0.717) is 12.5 Å². The predicted octanol–water partition coefficient (Wildman–Crippen LogP) is 2.02. The number of nitrogens with two attached hydrogens (primary N) is 1. The summed E-state index contributed by atoms with van der Waals surface area (Å²) in [6, 6.07) is 0.523. The third-order valence-electron chi connectivity index (χ3n) is 3.72. The molecule has 0 spiro atoms. The van der Waals surface area contributed by atoms with Gasteiger partial charge in [-0.05, 0) is 59.9 Å². The fraction of sp³-hybridized carbons (Fsp3) is 0.875. The molecule has 0 aromatic rings. The zero-order chi connectivity index (χ0) is 16.8. The first-order valence-corrected chi connectivity index (χ1v) is 8.20. The highest BCUT2D eigenvalue weighted by Crippen LogP contribution is 2.24. The van der Waals surface area contributed by atoms with Gasteiger partial charge in [-0.3, -0.25) is 4.79 Å². The van der Waals surface area contributed by atoms with Crippen LogP contribution < -0.4 is 11.1 Å². The second-order valence-electron chi connectivity index (χ2n) is 7.13. The maximum atomic E-state index is 12.2. The fourth-order valence-electron chi connectivity index (χ4n) is 2.74. The number of primary amides is 1. The molecule has 128 valence electrons. The first-order valence-electron chi connectivity index (χ1n) is 8.20. The number of carbonyl (C=O) groups is 2. The van der Waals surface area contributed by atoms with Gasteiger partial charge in [0.1, 0.15) is 5.60 Å². The molecule has 2 amide bonds. The molecule has 1 rings (SSSR count). The van der Waals surface area contributed by atoms with Crippen LogP contribution in [0.25, 0.3) is 0 Å². The molecule has 1 fully saturated rings. The van der Waals surface area contributed by atoms with Crippen molar-refractivity contribution < 1.29 is 14.3 Å². The van der Waals surface area contributed by atoms with Gasteiger partial charge in [0, 0.05) is 25.0 Å². The topological polar surface area (TPSA) is 84.7 Å². The average Bonchev–Trinajstić information content (AvgIpc) is 2.80. The van der Waals surface area contributed by atoms with Crippen LogP contribution in [0.4, 0.5) is 4.79 Å². The Kier molecular flexibility index (Phi) is 7.13. The van der Waals surface area contributed by atoms with Gasteiger partial charge >= 0.3 is 6.09 Å². The van der Waals surface area contributed by atoms with E-state index in [1.54, 1.807) is 0 Å². The molecule has 0 bridgehead atoms. The molecule has 3 N–H and O–H groups in total. The molecule has 2 unspecified atom stereocenters. The second kappa shape index (κ2) is 8.36. The van der Waals surface area contributed by atoms with E-state index < -0.39 is 5.60 Å². The summed E-state index contributed by atoms with van der Waals surface area (Å²) in [6.45, 7) is 9.31. The van der Waals surface area contributed by atoms with Gasteiger partial charge in [-0.25, -0.2) is 4.79 Å². The molecule has 0 aliphatic carbocycles. The van der Waals surface area contributed by atoms with Crippen LogP contribution in [0.2, 0.25) is 0 Å². The van der Waals surface area contributed by atoms with Crippen molar-refractivity contribution in [1.29, 1.82) is 0 Å². The van der Waals surface area contributed by atoms with E-state index in [2.05, 4.69) is 12.2 Å². The highest BCUT2D eigenvalue weighted by Gasteiger charge is 2.32. The van der Waals surface area contributed by atoms with Crippen molar-refractivity contribution in [3.63, 3.8) is 0 Å². The van der Waals surface area contributed by atoms with E-state index in [1.165, 1.54) is 0 Å². The van der Waals surface area contributed by atoms with E-state index in [9.17, 15) is 9.59 Å². The van der Waals surface area contributed by atoms with Crippen molar-refractivity contribution in [2.45, 2.75) is 77.5 Å². The lowest BCUT2D eigenvalue weighted by molar-refractivity contribution is -0.118. The summed E-state index contributed by atoms with van der Waals surface area (Å²) < 4.78 is 5.47. The molecule has 1 saturated heterocycles. The lowest BCUT2D eigenvalue weighted by Crippen LogP contribution is -2.42. The van der Waals surface area contributed by atoms with Crippen molar-refractivity contribution in [2.75, 3.05) is 13.1 Å². The monoisotopic (exact) mass is 313 g/mol. The summed E-state index contributed by atoms with van der Waals surface area (Å²) in [4.78, 5) is 24.8. The molecule has 1 heterocycles. The van der Waals surface area contributed by atoms with Gasteiger partial charge in [0.15, 0.2) is 0 Å². The van der Waals surface area contributed by atoms with E-state index >= 15 is 0 Å². The van der Waals surface area contributed by atoms with Crippen molar-refractivity contribution in [3.05, 3.63) is 0 Å². The number of likely N-dealkylation sites (tertiary alicyclic amines) is 1. The zero-order valence-electron chi connectivity index (χ0n) is 14.4. The molecule has 22 heavy (non-hydrogen) atoms. The molecule has 6 nitrogen and oxygen atoms in total. The molecule has 1 aliphatic heterocycles. The number of amides is 2. The molecular formula is C16H31N3O3. The van der Waals surface area contributed by atoms with Crippen LogP contribution in [-0.4, -0.2) is 47.7 Å². The zero-order valence-corrected chi connectivity index (χ0v) is 14.4. The van der Waals surface area contributed by atoms with Crippen molar-refractivity contribution in [2.24, 2.45) is 5.73 Å². The summed E-state index contributed by atoms with van der Waals surface area (Å²) in [5.41, 5.74) is 4.66. The minimum absolute atomic E-state index is 0.212. The van der Waals surface area contributed by atoms with Gasteiger partial charge < -0.3 is 20.7 Å². The fourth-order valence-corrected chi connectivity index (χ4v) is 2.74. The first-order chi connectivity index (χ1) is 10.2. The number of hydrogen-bond acceptors (Lipinski definition) is 4. The minimum atomic E-state index is -0.456. The van der Waals surface area contributed by atoms with Crippen LogP contribution >= 0.6 is 0 Å². The summed E-state index contributed by atoms with van der Waals surface area (Å²) in [5, 5.41) is 3.39. The van der Waals surface area contributed by atoms with Crippen LogP contribution in [0.3, 0.4) is 0 Å². The van der Waals surface area contributed by atoms with E-state index in [0.717, 1.165) is 38.8 Å². The lowest BCUT2D eigenvalue weighted by Gasteiger charge is -2.30. The van der Waals surface area contributed by atoms with E-state index in [-0.39, 0.29) is 18.0 Å². The Hall–Kier alpha value is -1.30. The van der Waals surface area contributed by atoms with E-state index in [1.807, 2.05) is 25.7 Å². The van der Waals surface area contributed by atoms with Crippen molar-refractivity contribution >= 4 is 12.0 Å². The van der Waals surface area contributed by atoms with Gasteiger partial charge in [-0.15, -0.1) is 0 Å². The Balaban J connectivity index is 2.36. The van der Waals surface area contributed by atoms with Crippen molar-refractivity contribution in [3.8, 4) is 0 Å². The highest BCUT2D eigenvalue weighted by molar-refractivity contribution is 5.73. The van der Waals surface area contributed by atoms with Gasteiger partial charge in [-0.2, -0.15) is 0 Å². The Bertz CT molecular complexity index is 379. The standard InChI is InChI=1S/C16H31N3O3/c1-12(18-9-5-8-14(17)20)11-13-7-6-10-19(13)15(21)22-16(2,3)4/h12-13,18H,5-11H2,1-4H3,(H2,17,20). The number of carbonyl (C=O) groups excluding carboxylic acids is 2. The quantitative estimate of drug-likeness (QED) is 0.704. The van der Waals surface area contributed by atoms with Gasteiger partial charge in [-0.1, -0.05) is 0 Å². The molecular weight excluding hydrogens is 282 g/mol. The number of nitrogens with zero attached hydrogens (tertiary/aromatic N) is 1. The average molecular weight is 313 g/mol. The number of nitrogens with one attached hydrogen (secondary N) is 1.